The lowest BCUT2D eigenvalue weighted by Crippen LogP contribution is -2.37. The second-order valence-corrected chi connectivity index (χ2v) is 8.53. The van der Waals surface area contributed by atoms with Crippen LogP contribution in [0.2, 0.25) is 0 Å². The number of carbonyl (C=O) groups excluding carboxylic acids is 1. The van der Waals surface area contributed by atoms with Gasteiger partial charge in [-0.25, -0.2) is 13.2 Å². The number of sulfonamides is 1. The van der Waals surface area contributed by atoms with E-state index in [1.54, 1.807) is 36.7 Å². The molecule has 0 N–H and O–H groups in total. The van der Waals surface area contributed by atoms with Crippen LogP contribution in [0.1, 0.15) is 12.8 Å². The van der Waals surface area contributed by atoms with Gasteiger partial charge in [0.2, 0.25) is 10.0 Å². The van der Waals surface area contributed by atoms with Crippen molar-refractivity contribution in [1.82, 2.24) is 14.2 Å². The maximum atomic E-state index is 13.2. The maximum Gasteiger partial charge on any atom is 0.409 e. The van der Waals surface area contributed by atoms with Gasteiger partial charge in [0.25, 0.3) is 5.09 Å². The molecule has 3 rings (SSSR count). The van der Waals surface area contributed by atoms with Gasteiger partial charge in [0.1, 0.15) is 0 Å². The number of aromatic nitrogens is 1. The summed E-state index contributed by atoms with van der Waals surface area (Å²) in [5.41, 5.74) is 0. The molecule has 1 aromatic carbocycles. The van der Waals surface area contributed by atoms with Crippen LogP contribution in [-0.4, -0.2) is 73.2 Å². The van der Waals surface area contributed by atoms with Gasteiger partial charge in [-0.2, -0.15) is 4.31 Å². The molecule has 0 unspecified atom stereocenters. The molecule has 0 aliphatic carbocycles. The number of nitrogens with zero attached hydrogens (tertiary/aromatic N) is 4. The first-order valence-corrected chi connectivity index (χ1v) is 10.9. The van der Waals surface area contributed by atoms with E-state index in [9.17, 15) is 23.3 Å². The van der Waals surface area contributed by atoms with E-state index in [-0.39, 0.29) is 44.2 Å². The van der Waals surface area contributed by atoms with Crippen molar-refractivity contribution in [1.29, 1.82) is 0 Å². The average Bonchev–Trinajstić information content (AvgIpc) is 2.99. The zero-order chi connectivity index (χ0) is 21.6. The predicted octanol–water partition coefficient (Wildman–Crippen LogP) is 1.67. The number of ether oxygens (including phenoxy) is 1. The van der Waals surface area contributed by atoms with E-state index in [4.69, 9.17) is 4.74 Å². The third kappa shape index (κ3) is 5.13. The van der Waals surface area contributed by atoms with Crippen molar-refractivity contribution in [2.45, 2.75) is 17.7 Å². The van der Waals surface area contributed by atoms with Crippen LogP contribution in [0.25, 0.3) is 10.8 Å². The van der Waals surface area contributed by atoms with Crippen molar-refractivity contribution in [2.75, 3.05) is 39.4 Å². The molecule has 1 aliphatic rings. The van der Waals surface area contributed by atoms with E-state index in [2.05, 4.69) is 9.82 Å². The van der Waals surface area contributed by atoms with Gasteiger partial charge in [0.15, 0.2) is 0 Å². The minimum absolute atomic E-state index is 0.0186. The molecule has 1 saturated heterocycles. The van der Waals surface area contributed by atoms with Crippen LogP contribution in [0.4, 0.5) is 4.79 Å². The summed E-state index contributed by atoms with van der Waals surface area (Å²) in [5, 5.41) is 10.5. The molecule has 0 saturated carbocycles. The first-order chi connectivity index (χ1) is 14.4. The monoisotopic (exact) mass is 438 g/mol. The summed E-state index contributed by atoms with van der Waals surface area (Å²) in [5.74, 6) is 0. The Balaban J connectivity index is 1.61. The van der Waals surface area contributed by atoms with E-state index in [1.165, 1.54) is 9.21 Å². The largest absolute Gasteiger partial charge is 0.449 e. The van der Waals surface area contributed by atoms with E-state index in [0.717, 1.165) is 5.39 Å². The number of benzene rings is 1. The fourth-order valence-electron chi connectivity index (χ4n) is 3.22. The highest BCUT2D eigenvalue weighted by Gasteiger charge is 2.29. The van der Waals surface area contributed by atoms with Crippen molar-refractivity contribution < 1.29 is 27.9 Å². The smallest absolute Gasteiger partial charge is 0.409 e. The first kappa shape index (κ1) is 21.7. The number of hydrogen-bond acceptors (Lipinski definition) is 8. The van der Waals surface area contributed by atoms with Crippen molar-refractivity contribution in [3.05, 3.63) is 46.8 Å². The second-order valence-electron chi connectivity index (χ2n) is 6.62. The fraction of sp³-hybridized carbons (Fsp3) is 0.444. The third-order valence-corrected chi connectivity index (χ3v) is 6.64. The van der Waals surface area contributed by atoms with Gasteiger partial charge in [0, 0.05) is 55.8 Å². The van der Waals surface area contributed by atoms with Gasteiger partial charge in [-0.3, -0.25) is 4.98 Å². The third-order valence-electron chi connectivity index (χ3n) is 4.68. The number of hydrogen-bond donors (Lipinski definition) is 0. The standard InChI is InChI=1S/C18H22N4O7S/c23-18(28-12-3-13-29-22(24)25)20-8-2-9-21(11-10-20)30(26,27)17-5-1-4-15-14-19-7-6-16(15)17/h1,4-7,14H,2-3,8-13H2. The molecule has 0 radical (unpaired) electrons. The minimum Gasteiger partial charge on any atom is -0.449 e. The Morgan fingerprint density at radius 1 is 1.17 bits per heavy atom. The molecule has 11 nitrogen and oxygen atoms in total. The van der Waals surface area contributed by atoms with Crippen LogP contribution < -0.4 is 0 Å². The average molecular weight is 438 g/mol. The molecule has 30 heavy (non-hydrogen) atoms. The Bertz CT molecular complexity index is 1010. The Kier molecular flexibility index (Phi) is 7.00. The summed E-state index contributed by atoms with van der Waals surface area (Å²) in [6.45, 7) is 0.793. The van der Waals surface area contributed by atoms with Crippen LogP contribution in [0, 0.1) is 10.1 Å². The van der Waals surface area contributed by atoms with E-state index in [0.29, 0.717) is 18.4 Å². The lowest BCUT2D eigenvalue weighted by atomic mass is 10.2. The summed E-state index contributed by atoms with van der Waals surface area (Å²) >= 11 is 0. The lowest BCUT2D eigenvalue weighted by Gasteiger charge is -2.22. The molecule has 1 aliphatic heterocycles. The fourth-order valence-corrected chi connectivity index (χ4v) is 4.91. The molecule has 162 valence electrons. The molecule has 1 fully saturated rings. The van der Waals surface area contributed by atoms with Gasteiger partial charge in [0.05, 0.1) is 18.1 Å². The van der Waals surface area contributed by atoms with Gasteiger partial charge in [-0.05, 0) is 18.6 Å². The van der Waals surface area contributed by atoms with E-state index in [1.807, 2.05) is 0 Å². The van der Waals surface area contributed by atoms with Gasteiger partial charge >= 0.3 is 6.09 Å². The number of amides is 1. The Morgan fingerprint density at radius 2 is 2.00 bits per heavy atom. The Hall–Kier alpha value is -2.99. The Labute approximate surface area is 173 Å². The van der Waals surface area contributed by atoms with Gasteiger partial charge < -0.3 is 14.5 Å². The SMILES string of the molecule is O=C(OCCCO[N+](=O)[O-])N1CCCN(S(=O)(=O)c2cccc3cnccc23)CC1. The van der Waals surface area contributed by atoms with E-state index < -0.39 is 21.2 Å². The molecule has 1 amide bonds. The molecule has 0 bridgehead atoms. The molecule has 2 aromatic rings. The van der Waals surface area contributed by atoms with Crippen molar-refractivity contribution >= 4 is 26.9 Å². The van der Waals surface area contributed by atoms with E-state index >= 15 is 0 Å². The first-order valence-electron chi connectivity index (χ1n) is 9.41. The number of pyridine rings is 1. The highest BCUT2D eigenvalue weighted by atomic mass is 32.2. The molecular formula is C18H22N4O7S. The quantitative estimate of drug-likeness (QED) is 0.362. The second kappa shape index (κ2) is 9.67. The van der Waals surface area contributed by atoms with Crippen LogP contribution in [-0.2, 0) is 19.6 Å². The summed E-state index contributed by atoms with van der Waals surface area (Å²) in [6.07, 6.45) is 3.25. The van der Waals surface area contributed by atoms with Crippen molar-refractivity contribution in [3.8, 4) is 0 Å². The summed E-state index contributed by atoms with van der Waals surface area (Å²) in [6, 6.07) is 6.73. The predicted molar refractivity (Wildman–Crippen MR) is 106 cm³/mol. The number of rotatable bonds is 7. The summed E-state index contributed by atoms with van der Waals surface area (Å²) < 4.78 is 32.9. The zero-order valence-corrected chi connectivity index (χ0v) is 17.0. The molecular weight excluding hydrogens is 416 g/mol. The maximum absolute atomic E-state index is 13.2. The zero-order valence-electron chi connectivity index (χ0n) is 16.2. The van der Waals surface area contributed by atoms with Crippen LogP contribution in [0.15, 0.2) is 41.6 Å². The van der Waals surface area contributed by atoms with Crippen molar-refractivity contribution in [3.63, 3.8) is 0 Å². The van der Waals surface area contributed by atoms with Gasteiger partial charge in [-0.1, -0.05) is 12.1 Å². The van der Waals surface area contributed by atoms with Crippen LogP contribution in [0.5, 0.6) is 0 Å². The Morgan fingerprint density at radius 3 is 2.80 bits per heavy atom. The summed E-state index contributed by atoms with van der Waals surface area (Å²) in [4.78, 5) is 32.1. The molecule has 0 atom stereocenters. The number of fused-ring (bicyclic) bond motifs is 1. The molecule has 0 spiro atoms. The molecule has 1 aromatic heterocycles. The number of carbonyl (C=O) groups is 1. The highest BCUT2D eigenvalue weighted by molar-refractivity contribution is 7.89. The minimum atomic E-state index is -3.75. The summed E-state index contributed by atoms with van der Waals surface area (Å²) in [7, 11) is -3.75. The topological polar surface area (TPSA) is 132 Å². The van der Waals surface area contributed by atoms with Gasteiger partial charge in [-0.15, -0.1) is 10.1 Å². The van der Waals surface area contributed by atoms with Crippen LogP contribution in [0.3, 0.4) is 0 Å². The molecule has 2 heterocycles. The van der Waals surface area contributed by atoms with Crippen LogP contribution >= 0.6 is 0 Å². The molecule has 12 heteroatoms. The highest BCUT2D eigenvalue weighted by Crippen LogP contribution is 2.26. The van der Waals surface area contributed by atoms with Crippen molar-refractivity contribution in [2.24, 2.45) is 0 Å². The normalized spacial score (nSPS) is 15.5. The lowest BCUT2D eigenvalue weighted by molar-refractivity contribution is -0.757.